The summed E-state index contributed by atoms with van der Waals surface area (Å²) in [5, 5.41) is 12.6. The summed E-state index contributed by atoms with van der Waals surface area (Å²) >= 11 is 1.51. The normalized spacial score (nSPS) is 11.8. The van der Waals surface area contributed by atoms with Gasteiger partial charge in [0.25, 0.3) is 0 Å². The summed E-state index contributed by atoms with van der Waals surface area (Å²) in [4.78, 5) is 15.8. The molecule has 140 valence electrons. The third kappa shape index (κ3) is 7.86. The molecule has 0 saturated carbocycles. The van der Waals surface area contributed by atoms with Crippen molar-refractivity contribution in [1.82, 2.24) is 10.3 Å². The van der Waals surface area contributed by atoms with Crippen LogP contribution in [0.5, 0.6) is 5.75 Å². The highest BCUT2D eigenvalue weighted by Crippen LogP contribution is 2.12. The van der Waals surface area contributed by atoms with Gasteiger partial charge in [-0.2, -0.15) is 0 Å². The Morgan fingerprint density at radius 3 is 2.77 bits per heavy atom. The average molecular weight is 376 g/mol. The van der Waals surface area contributed by atoms with E-state index in [9.17, 15) is 9.90 Å². The first-order valence-electron chi connectivity index (χ1n) is 8.29. The van der Waals surface area contributed by atoms with E-state index in [0.717, 1.165) is 22.6 Å². The first kappa shape index (κ1) is 20.2. The molecule has 0 aliphatic carbocycles. The summed E-state index contributed by atoms with van der Waals surface area (Å²) in [6.07, 6.45) is 2.77. The molecule has 2 N–H and O–H groups in total. The van der Waals surface area contributed by atoms with Gasteiger partial charge in [0, 0.05) is 24.7 Å². The van der Waals surface area contributed by atoms with Gasteiger partial charge in [-0.15, -0.1) is 11.8 Å². The number of thioether (sulfide) groups is 1. The number of benzene rings is 1. The molecule has 1 heterocycles. The Morgan fingerprint density at radius 2 is 2.08 bits per heavy atom. The number of hydrogen-bond donors (Lipinski definition) is 2. The Morgan fingerprint density at radius 1 is 1.27 bits per heavy atom. The summed E-state index contributed by atoms with van der Waals surface area (Å²) in [6.45, 7) is 0.736. The zero-order valence-electron chi connectivity index (χ0n) is 14.8. The summed E-state index contributed by atoms with van der Waals surface area (Å²) in [5.41, 5.74) is 2.08. The maximum absolute atomic E-state index is 11.8. The molecule has 1 amide bonds. The molecular weight excluding hydrogens is 352 g/mol. The zero-order valence-corrected chi connectivity index (χ0v) is 15.6. The van der Waals surface area contributed by atoms with Crippen LogP contribution in [0.1, 0.15) is 11.1 Å². The van der Waals surface area contributed by atoms with Crippen molar-refractivity contribution in [2.45, 2.75) is 18.5 Å². The number of aromatic nitrogens is 1. The van der Waals surface area contributed by atoms with Crippen molar-refractivity contribution in [2.75, 3.05) is 26.0 Å². The lowest BCUT2D eigenvalue weighted by molar-refractivity contribution is -0.119. The molecule has 0 aliphatic heterocycles. The lowest BCUT2D eigenvalue weighted by Gasteiger charge is -2.12. The van der Waals surface area contributed by atoms with E-state index in [1.165, 1.54) is 11.8 Å². The minimum Gasteiger partial charge on any atom is -0.497 e. The lowest BCUT2D eigenvalue weighted by atomic mass is 10.2. The fourth-order valence-corrected chi connectivity index (χ4v) is 2.92. The summed E-state index contributed by atoms with van der Waals surface area (Å²) in [6, 6.07) is 11.4. The number of rotatable bonds is 11. The Labute approximate surface area is 157 Å². The van der Waals surface area contributed by atoms with Crippen molar-refractivity contribution >= 4 is 17.7 Å². The SMILES string of the molecule is COc1ccc(COCC(O)CNC(=O)CSCc2cccnc2)cc1. The van der Waals surface area contributed by atoms with Gasteiger partial charge < -0.3 is 19.9 Å². The molecular formula is C19H24N2O4S. The molecule has 2 aromatic rings. The van der Waals surface area contributed by atoms with Gasteiger partial charge in [0.2, 0.25) is 5.91 Å². The van der Waals surface area contributed by atoms with E-state index in [0.29, 0.717) is 12.4 Å². The third-order valence-electron chi connectivity index (χ3n) is 3.50. The third-order valence-corrected chi connectivity index (χ3v) is 4.50. The van der Waals surface area contributed by atoms with Gasteiger partial charge in [0.15, 0.2) is 0 Å². The molecule has 1 aromatic carbocycles. The molecule has 0 saturated heterocycles. The number of pyridine rings is 1. The molecule has 2 rings (SSSR count). The van der Waals surface area contributed by atoms with Crippen molar-refractivity contribution in [3.05, 3.63) is 59.9 Å². The van der Waals surface area contributed by atoms with Crippen LogP contribution in [0.3, 0.4) is 0 Å². The first-order valence-corrected chi connectivity index (χ1v) is 9.45. The van der Waals surface area contributed by atoms with Gasteiger partial charge in [-0.3, -0.25) is 9.78 Å². The standard InChI is InChI=1S/C19H24N2O4S/c1-24-18-6-4-15(5-7-18)11-25-12-17(22)10-21-19(23)14-26-13-16-3-2-8-20-9-16/h2-9,17,22H,10-14H2,1H3,(H,21,23). The quantitative estimate of drug-likeness (QED) is 0.625. The highest BCUT2D eigenvalue weighted by Gasteiger charge is 2.08. The van der Waals surface area contributed by atoms with Gasteiger partial charge in [0.1, 0.15) is 5.75 Å². The zero-order chi connectivity index (χ0) is 18.6. The van der Waals surface area contributed by atoms with Crippen LogP contribution in [-0.4, -0.2) is 48.1 Å². The minimum atomic E-state index is -0.736. The van der Waals surface area contributed by atoms with E-state index < -0.39 is 6.10 Å². The number of carbonyl (C=O) groups excluding carboxylic acids is 1. The van der Waals surface area contributed by atoms with Gasteiger partial charge >= 0.3 is 0 Å². The van der Waals surface area contributed by atoms with Crippen molar-refractivity contribution in [3.63, 3.8) is 0 Å². The molecule has 0 aliphatic rings. The van der Waals surface area contributed by atoms with Crippen molar-refractivity contribution < 1.29 is 19.4 Å². The Hall–Kier alpha value is -2.09. The molecule has 26 heavy (non-hydrogen) atoms. The molecule has 0 radical (unpaired) electrons. The van der Waals surface area contributed by atoms with E-state index in [1.807, 2.05) is 36.4 Å². The summed E-state index contributed by atoms with van der Waals surface area (Å²) in [5.74, 6) is 1.76. The number of hydrogen-bond acceptors (Lipinski definition) is 6. The Balaban J connectivity index is 1.54. The van der Waals surface area contributed by atoms with E-state index >= 15 is 0 Å². The van der Waals surface area contributed by atoms with Crippen LogP contribution < -0.4 is 10.1 Å². The fourth-order valence-electron chi connectivity index (χ4n) is 2.12. The smallest absolute Gasteiger partial charge is 0.230 e. The number of nitrogens with zero attached hydrogens (tertiary/aromatic N) is 1. The van der Waals surface area contributed by atoms with E-state index in [1.54, 1.807) is 19.5 Å². The van der Waals surface area contributed by atoms with Gasteiger partial charge in [-0.25, -0.2) is 0 Å². The number of aliphatic hydroxyl groups excluding tert-OH is 1. The first-order chi connectivity index (χ1) is 12.7. The van der Waals surface area contributed by atoms with Gasteiger partial charge in [-0.05, 0) is 29.3 Å². The predicted molar refractivity (Wildman–Crippen MR) is 102 cm³/mol. The average Bonchev–Trinajstić information content (AvgIpc) is 2.68. The van der Waals surface area contributed by atoms with Crippen LogP contribution in [0.25, 0.3) is 0 Å². The number of carbonyl (C=O) groups is 1. The number of ether oxygens (including phenoxy) is 2. The molecule has 0 spiro atoms. The molecule has 0 fully saturated rings. The van der Waals surface area contributed by atoms with E-state index in [4.69, 9.17) is 9.47 Å². The van der Waals surface area contributed by atoms with E-state index in [2.05, 4.69) is 10.3 Å². The second-order valence-electron chi connectivity index (χ2n) is 5.68. The van der Waals surface area contributed by atoms with Crippen LogP contribution in [0, 0.1) is 0 Å². The molecule has 1 unspecified atom stereocenters. The molecule has 0 bridgehead atoms. The van der Waals surface area contributed by atoms with E-state index in [-0.39, 0.29) is 19.1 Å². The highest BCUT2D eigenvalue weighted by molar-refractivity contribution is 7.99. The lowest BCUT2D eigenvalue weighted by Crippen LogP contribution is -2.35. The van der Waals surface area contributed by atoms with Crippen LogP contribution in [0.15, 0.2) is 48.8 Å². The number of nitrogens with one attached hydrogen (secondary N) is 1. The van der Waals surface area contributed by atoms with Crippen molar-refractivity contribution in [2.24, 2.45) is 0 Å². The highest BCUT2D eigenvalue weighted by atomic mass is 32.2. The van der Waals surface area contributed by atoms with Crippen LogP contribution in [-0.2, 0) is 21.9 Å². The Kier molecular flexibility index (Phi) is 8.95. The summed E-state index contributed by atoms with van der Waals surface area (Å²) < 4.78 is 10.6. The van der Waals surface area contributed by atoms with Crippen LogP contribution in [0.4, 0.5) is 0 Å². The Bertz CT molecular complexity index is 652. The maximum atomic E-state index is 11.8. The van der Waals surface area contributed by atoms with Crippen molar-refractivity contribution in [3.8, 4) is 5.75 Å². The van der Waals surface area contributed by atoms with Gasteiger partial charge in [-0.1, -0.05) is 18.2 Å². The number of amides is 1. The van der Waals surface area contributed by atoms with Crippen LogP contribution in [0.2, 0.25) is 0 Å². The second-order valence-corrected chi connectivity index (χ2v) is 6.66. The molecule has 1 atom stereocenters. The molecule has 6 nitrogen and oxygen atoms in total. The van der Waals surface area contributed by atoms with Crippen LogP contribution >= 0.6 is 11.8 Å². The predicted octanol–water partition coefficient (Wildman–Crippen LogP) is 2.02. The molecule has 1 aromatic heterocycles. The number of aliphatic hydroxyl groups is 1. The minimum absolute atomic E-state index is 0.104. The summed E-state index contributed by atoms with van der Waals surface area (Å²) in [7, 11) is 1.62. The second kappa shape index (κ2) is 11.5. The maximum Gasteiger partial charge on any atom is 0.230 e. The topological polar surface area (TPSA) is 80.7 Å². The van der Waals surface area contributed by atoms with Crippen molar-refractivity contribution in [1.29, 1.82) is 0 Å². The molecule has 7 heteroatoms. The fraction of sp³-hybridized carbons (Fsp3) is 0.368. The monoisotopic (exact) mass is 376 g/mol. The van der Waals surface area contributed by atoms with Gasteiger partial charge in [0.05, 0.1) is 32.2 Å². The largest absolute Gasteiger partial charge is 0.497 e. The number of methoxy groups -OCH3 is 1.